The molecular formula is C16H20N2O2. The third-order valence-electron chi connectivity index (χ3n) is 2.73. The van der Waals surface area contributed by atoms with E-state index in [4.69, 9.17) is 0 Å². The van der Waals surface area contributed by atoms with Crippen LogP contribution in [-0.2, 0) is 11.3 Å². The van der Waals surface area contributed by atoms with Gasteiger partial charge in [0, 0.05) is 32.1 Å². The van der Waals surface area contributed by atoms with E-state index in [1.807, 2.05) is 12.1 Å². The van der Waals surface area contributed by atoms with Gasteiger partial charge in [-0.1, -0.05) is 24.3 Å². The lowest BCUT2D eigenvalue weighted by molar-refractivity contribution is -0.119. The van der Waals surface area contributed by atoms with Crippen LogP contribution >= 0.6 is 0 Å². The second-order valence-electron chi connectivity index (χ2n) is 4.39. The van der Waals surface area contributed by atoms with Crippen LogP contribution in [0.4, 0.5) is 0 Å². The molecule has 106 valence electrons. The lowest BCUT2D eigenvalue weighted by Gasteiger charge is -2.19. The van der Waals surface area contributed by atoms with Gasteiger partial charge in [-0.2, -0.15) is 0 Å². The molecule has 4 heteroatoms. The van der Waals surface area contributed by atoms with Gasteiger partial charge in [-0.25, -0.2) is 0 Å². The van der Waals surface area contributed by atoms with Crippen LogP contribution in [0.15, 0.2) is 49.6 Å². The van der Waals surface area contributed by atoms with E-state index >= 15 is 0 Å². The van der Waals surface area contributed by atoms with E-state index in [9.17, 15) is 9.59 Å². The van der Waals surface area contributed by atoms with E-state index in [0.29, 0.717) is 25.2 Å². The Balaban J connectivity index is 2.75. The van der Waals surface area contributed by atoms with E-state index in [1.165, 1.54) is 6.92 Å². The highest BCUT2D eigenvalue weighted by Crippen LogP contribution is 2.08. The van der Waals surface area contributed by atoms with Crippen LogP contribution < -0.4 is 5.32 Å². The molecule has 0 radical (unpaired) electrons. The topological polar surface area (TPSA) is 49.4 Å². The van der Waals surface area contributed by atoms with Crippen LogP contribution in [-0.4, -0.2) is 29.8 Å². The van der Waals surface area contributed by atoms with Gasteiger partial charge in [-0.15, -0.1) is 13.2 Å². The predicted octanol–water partition coefficient (Wildman–Crippen LogP) is 2.14. The molecule has 0 unspecified atom stereocenters. The molecule has 1 N–H and O–H groups in total. The summed E-state index contributed by atoms with van der Waals surface area (Å²) in [4.78, 5) is 24.8. The summed E-state index contributed by atoms with van der Waals surface area (Å²) in [6, 6.07) is 7.20. The van der Waals surface area contributed by atoms with E-state index in [2.05, 4.69) is 18.5 Å². The second kappa shape index (κ2) is 7.94. The monoisotopic (exact) mass is 272 g/mol. The fraction of sp³-hybridized carbons (Fsp3) is 0.250. The van der Waals surface area contributed by atoms with Crippen LogP contribution in [0.2, 0.25) is 0 Å². The Labute approximate surface area is 119 Å². The van der Waals surface area contributed by atoms with E-state index in [1.54, 1.807) is 29.2 Å². The molecule has 0 aliphatic heterocycles. The third-order valence-corrected chi connectivity index (χ3v) is 2.73. The first-order valence-electron chi connectivity index (χ1n) is 6.43. The van der Waals surface area contributed by atoms with Gasteiger partial charge in [0.25, 0.3) is 5.91 Å². The Hall–Kier alpha value is -2.36. The zero-order chi connectivity index (χ0) is 15.0. The van der Waals surface area contributed by atoms with Crippen molar-refractivity contribution in [1.29, 1.82) is 0 Å². The molecule has 0 aliphatic carbocycles. The van der Waals surface area contributed by atoms with Gasteiger partial charge in [0.05, 0.1) is 0 Å². The van der Waals surface area contributed by atoms with Crippen LogP contribution in [0.25, 0.3) is 0 Å². The summed E-state index contributed by atoms with van der Waals surface area (Å²) >= 11 is 0. The highest BCUT2D eigenvalue weighted by atomic mass is 16.2. The molecule has 0 saturated carbocycles. The zero-order valence-corrected chi connectivity index (χ0v) is 11.8. The molecule has 0 aromatic heterocycles. The molecule has 4 nitrogen and oxygen atoms in total. The SMILES string of the molecule is C=CCN(CC=C)C(=O)c1ccc(CNC(C)=O)cc1. The summed E-state index contributed by atoms with van der Waals surface area (Å²) in [5, 5.41) is 2.71. The average molecular weight is 272 g/mol. The number of hydrogen-bond acceptors (Lipinski definition) is 2. The standard InChI is InChI=1S/C16H20N2O2/c1-4-10-18(11-5-2)16(20)15-8-6-14(7-9-15)12-17-13(3)19/h4-9H,1-2,10-12H2,3H3,(H,17,19). The Morgan fingerprint density at radius 3 is 2.15 bits per heavy atom. The second-order valence-corrected chi connectivity index (χ2v) is 4.39. The molecule has 20 heavy (non-hydrogen) atoms. The minimum absolute atomic E-state index is 0.0594. The number of nitrogens with one attached hydrogen (secondary N) is 1. The number of amides is 2. The number of rotatable bonds is 7. The van der Waals surface area contributed by atoms with Gasteiger partial charge in [-0.05, 0) is 17.7 Å². The minimum atomic E-state index is -0.0757. The maximum Gasteiger partial charge on any atom is 0.254 e. The van der Waals surface area contributed by atoms with Crippen LogP contribution in [0, 0.1) is 0 Å². The van der Waals surface area contributed by atoms with Gasteiger partial charge < -0.3 is 10.2 Å². The molecule has 0 spiro atoms. The van der Waals surface area contributed by atoms with E-state index in [-0.39, 0.29) is 11.8 Å². The predicted molar refractivity (Wildman–Crippen MR) is 80.3 cm³/mol. The van der Waals surface area contributed by atoms with Crippen LogP contribution in [0.3, 0.4) is 0 Å². The van der Waals surface area contributed by atoms with Crippen molar-refractivity contribution in [3.8, 4) is 0 Å². The molecular weight excluding hydrogens is 252 g/mol. The summed E-state index contributed by atoms with van der Waals surface area (Å²) in [5.74, 6) is -0.135. The lowest BCUT2D eigenvalue weighted by Crippen LogP contribution is -2.31. The van der Waals surface area contributed by atoms with Crippen molar-refractivity contribution in [2.75, 3.05) is 13.1 Å². The molecule has 1 aromatic carbocycles. The Morgan fingerprint density at radius 2 is 1.70 bits per heavy atom. The normalized spacial score (nSPS) is 9.65. The summed E-state index contributed by atoms with van der Waals surface area (Å²) in [6.45, 7) is 10.2. The molecule has 1 aromatic rings. The van der Waals surface area contributed by atoms with Gasteiger partial charge in [0.15, 0.2) is 0 Å². The van der Waals surface area contributed by atoms with Crippen LogP contribution in [0.1, 0.15) is 22.8 Å². The molecule has 2 amide bonds. The molecule has 0 atom stereocenters. The van der Waals surface area contributed by atoms with Crippen molar-refractivity contribution in [2.24, 2.45) is 0 Å². The van der Waals surface area contributed by atoms with Crippen LogP contribution in [0.5, 0.6) is 0 Å². The van der Waals surface area contributed by atoms with E-state index in [0.717, 1.165) is 5.56 Å². The highest BCUT2D eigenvalue weighted by molar-refractivity contribution is 5.94. The van der Waals surface area contributed by atoms with Crippen molar-refractivity contribution in [3.63, 3.8) is 0 Å². The van der Waals surface area contributed by atoms with E-state index < -0.39 is 0 Å². The number of benzene rings is 1. The molecule has 1 rings (SSSR count). The first kappa shape index (κ1) is 15.7. The Kier molecular flexibility index (Phi) is 6.23. The Morgan fingerprint density at radius 1 is 1.15 bits per heavy atom. The minimum Gasteiger partial charge on any atom is -0.352 e. The summed E-state index contributed by atoms with van der Waals surface area (Å²) in [6.07, 6.45) is 3.37. The largest absolute Gasteiger partial charge is 0.352 e. The van der Waals surface area contributed by atoms with Crippen molar-refractivity contribution >= 4 is 11.8 Å². The summed E-state index contributed by atoms with van der Waals surface area (Å²) in [5.41, 5.74) is 1.57. The zero-order valence-electron chi connectivity index (χ0n) is 11.8. The Bertz CT molecular complexity index is 482. The van der Waals surface area contributed by atoms with Gasteiger partial charge >= 0.3 is 0 Å². The molecule has 0 saturated heterocycles. The van der Waals surface area contributed by atoms with Crippen molar-refractivity contribution in [3.05, 3.63) is 60.7 Å². The smallest absolute Gasteiger partial charge is 0.254 e. The molecule has 0 heterocycles. The first-order chi connectivity index (χ1) is 9.58. The lowest BCUT2D eigenvalue weighted by atomic mass is 10.1. The molecule has 0 aliphatic rings. The van der Waals surface area contributed by atoms with Gasteiger partial charge in [0.2, 0.25) is 5.91 Å². The fourth-order valence-corrected chi connectivity index (χ4v) is 1.73. The molecule has 0 bridgehead atoms. The number of carbonyl (C=O) groups excluding carboxylic acids is 2. The quantitative estimate of drug-likeness (QED) is 0.773. The first-order valence-corrected chi connectivity index (χ1v) is 6.43. The highest BCUT2D eigenvalue weighted by Gasteiger charge is 2.12. The van der Waals surface area contributed by atoms with Gasteiger partial charge in [-0.3, -0.25) is 9.59 Å². The number of carbonyl (C=O) groups is 2. The number of hydrogen-bond donors (Lipinski definition) is 1. The maximum atomic E-state index is 12.3. The number of nitrogens with zero attached hydrogens (tertiary/aromatic N) is 1. The summed E-state index contributed by atoms with van der Waals surface area (Å²) in [7, 11) is 0. The fourth-order valence-electron chi connectivity index (χ4n) is 1.73. The average Bonchev–Trinajstić information content (AvgIpc) is 2.44. The summed E-state index contributed by atoms with van der Waals surface area (Å²) < 4.78 is 0. The third kappa shape index (κ3) is 4.72. The van der Waals surface area contributed by atoms with Gasteiger partial charge in [0.1, 0.15) is 0 Å². The van der Waals surface area contributed by atoms with Crippen molar-refractivity contribution < 1.29 is 9.59 Å². The maximum absolute atomic E-state index is 12.3. The molecule has 0 fully saturated rings. The van der Waals surface area contributed by atoms with Crippen molar-refractivity contribution in [1.82, 2.24) is 10.2 Å². The van der Waals surface area contributed by atoms with Crippen molar-refractivity contribution in [2.45, 2.75) is 13.5 Å².